The Morgan fingerprint density at radius 2 is 2.11 bits per heavy atom. The molecule has 0 saturated carbocycles. The highest BCUT2D eigenvalue weighted by atomic mass is 16.4. The van der Waals surface area contributed by atoms with Gasteiger partial charge in [0, 0.05) is 31.0 Å². The van der Waals surface area contributed by atoms with Gasteiger partial charge in [-0.05, 0) is 6.42 Å². The van der Waals surface area contributed by atoms with E-state index in [1.165, 1.54) is 4.90 Å². The van der Waals surface area contributed by atoms with Crippen LogP contribution in [0.15, 0.2) is 19.0 Å². The second kappa shape index (κ2) is 3.97. The van der Waals surface area contributed by atoms with Crippen LogP contribution in [0.25, 0.3) is 6.08 Å². The predicted molar refractivity (Wildman–Crippen MR) is 66.4 cm³/mol. The number of nitrogens with zero attached hydrogens (tertiary/aromatic N) is 4. The zero-order chi connectivity index (χ0) is 12.7. The van der Waals surface area contributed by atoms with Crippen LogP contribution in [0.1, 0.15) is 12.0 Å². The van der Waals surface area contributed by atoms with Gasteiger partial charge in [0.15, 0.2) is 0 Å². The zero-order valence-corrected chi connectivity index (χ0v) is 9.86. The summed E-state index contributed by atoms with van der Waals surface area (Å²) in [6.07, 6.45) is 5.21. The Labute approximate surface area is 105 Å². The molecule has 2 saturated heterocycles. The van der Waals surface area contributed by atoms with Gasteiger partial charge in [-0.25, -0.2) is 14.8 Å². The van der Waals surface area contributed by atoms with Gasteiger partial charge >= 0.3 is 6.09 Å². The van der Waals surface area contributed by atoms with E-state index in [0.29, 0.717) is 19.0 Å². The van der Waals surface area contributed by atoms with Crippen LogP contribution in [0.4, 0.5) is 10.7 Å². The Morgan fingerprint density at radius 3 is 2.61 bits per heavy atom. The molecule has 6 nitrogen and oxygen atoms in total. The van der Waals surface area contributed by atoms with Crippen LogP contribution < -0.4 is 4.90 Å². The van der Waals surface area contributed by atoms with Gasteiger partial charge in [0.2, 0.25) is 5.95 Å². The van der Waals surface area contributed by atoms with Crippen LogP contribution in [0.5, 0.6) is 0 Å². The third kappa shape index (κ3) is 1.61. The van der Waals surface area contributed by atoms with Crippen molar-refractivity contribution in [3.05, 3.63) is 24.5 Å². The summed E-state index contributed by atoms with van der Waals surface area (Å²) in [6.45, 7) is 4.89. The van der Waals surface area contributed by atoms with E-state index in [1.54, 1.807) is 18.5 Å². The number of likely N-dealkylation sites (tertiary alicyclic amines) is 1. The Bertz CT molecular complexity index is 487. The standard InChI is InChI=1S/C12H14N4O2/c1-2-8-4-13-11(14-5-8)15-6-10-3-9(15)7-16(10)12(17)18/h2,4-5,9-10H,1,3,6-7H2,(H,17,18)/t9-,10-/m0/s1. The molecule has 1 aromatic rings. The Balaban J connectivity index is 1.77. The summed E-state index contributed by atoms with van der Waals surface area (Å²) in [5.41, 5.74) is 0.885. The van der Waals surface area contributed by atoms with E-state index < -0.39 is 6.09 Å². The van der Waals surface area contributed by atoms with E-state index in [2.05, 4.69) is 21.4 Å². The third-order valence-electron chi connectivity index (χ3n) is 3.64. The van der Waals surface area contributed by atoms with Crippen molar-refractivity contribution in [1.29, 1.82) is 0 Å². The van der Waals surface area contributed by atoms with E-state index in [9.17, 15) is 4.79 Å². The minimum absolute atomic E-state index is 0.0789. The predicted octanol–water partition coefficient (Wildman–Crippen LogP) is 1.06. The maximum absolute atomic E-state index is 11.0. The number of fused-ring (bicyclic) bond motifs is 2. The number of piperazine rings is 1. The molecule has 18 heavy (non-hydrogen) atoms. The first-order valence-electron chi connectivity index (χ1n) is 5.89. The molecule has 0 aliphatic carbocycles. The Hall–Kier alpha value is -2.11. The number of rotatable bonds is 2. The first kappa shape index (κ1) is 11.0. The molecular formula is C12H14N4O2. The molecule has 2 aliphatic heterocycles. The Kier molecular flexibility index (Phi) is 2.43. The van der Waals surface area contributed by atoms with Crippen LogP contribution in [0.3, 0.4) is 0 Å². The molecule has 1 N–H and O–H groups in total. The summed E-state index contributed by atoms with van der Waals surface area (Å²) >= 11 is 0. The molecule has 2 atom stereocenters. The molecule has 2 bridgehead atoms. The molecule has 0 spiro atoms. The second-order valence-corrected chi connectivity index (χ2v) is 4.65. The van der Waals surface area contributed by atoms with Crippen LogP contribution in [-0.4, -0.2) is 51.2 Å². The topological polar surface area (TPSA) is 69.6 Å². The van der Waals surface area contributed by atoms with E-state index in [4.69, 9.17) is 5.11 Å². The molecule has 0 unspecified atom stereocenters. The van der Waals surface area contributed by atoms with E-state index in [0.717, 1.165) is 12.0 Å². The molecule has 3 rings (SSSR count). The monoisotopic (exact) mass is 246 g/mol. The van der Waals surface area contributed by atoms with Gasteiger partial charge in [-0.2, -0.15) is 0 Å². The van der Waals surface area contributed by atoms with Crippen molar-refractivity contribution in [3.63, 3.8) is 0 Å². The molecule has 2 fully saturated rings. The zero-order valence-electron chi connectivity index (χ0n) is 9.86. The number of carbonyl (C=O) groups is 1. The molecule has 3 heterocycles. The van der Waals surface area contributed by atoms with Crippen molar-refractivity contribution >= 4 is 18.1 Å². The molecule has 2 aliphatic rings. The lowest BCUT2D eigenvalue weighted by Gasteiger charge is -2.32. The average Bonchev–Trinajstić information content (AvgIpc) is 2.98. The SMILES string of the molecule is C=Cc1cnc(N2C[C@@H]3C[C@H]2CN3C(=O)O)nc1. The Morgan fingerprint density at radius 1 is 1.39 bits per heavy atom. The van der Waals surface area contributed by atoms with Gasteiger partial charge < -0.3 is 14.9 Å². The van der Waals surface area contributed by atoms with Crippen LogP contribution in [0.2, 0.25) is 0 Å². The van der Waals surface area contributed by atoms with Crippen molar-refractivity contribution < 1.29 is 9.90 Å². The van der Waals surface area contributed by atoms with Gasteiger partial charge in [-0.1, -0.05) is 12.7 Å². The smallest absolute Gasteiger partial charge is 0.407 e. The van der Waals surface area contributed by atoms with Gasteiger partial charge in [-0.3, -0.25) is 0 Å². The number of aromatic nitrogens is 2. The highest BCUT2D eigenvalue weighted by molar-refractivity contribution is 5.67. The first-order chi connectivity index (χ1) is 8.69. The molecule has 1 amide bonds. The summed E-state index contributed by atoms with van der Waals surface area (Å²) in [5, 5.41) is 9.03. The number of hydrogen-bond donors (Lipinski definition) is 1. The number of amides is 1. The lowest BCUT2D eigenvalue weighted by Crippen LogP contribution is -2.48. The number of anilines is 1. The first-order valence-corrected chi connectivity index (χ1v) is 5.89. The molecule has 1 aromatic heterocycles. The highest BCUT2D eigenvalue weighted by Crippen LogP contribution is 2.32. The van der Waals surface area contributed by atoms with Crippen LogP contribution in [-0.2, 0) is 0 Å². The summed E-state index contributed by atoms with van der Waals surface area (Å²) in [5.74, 6) is 0.679. The maximum atomic E-state index is 11.0. The summed E-state index contributed by atoms with van der Waals surface area (Å²) in [7, 11) is 0. The second-order valence-electron chi connectivity index (χ2n) is 4.65. The van der Waals surface area contributed by atoms with Gasteiger partial charge in [0.25, 0.3) is 0 Å². The normalized spacial score (nSPS) is 25.6. The van der Waals surface area contributed by atoms with Crippen LogP contribution in [0, 0.1) is 0 Å². The molecular weight excluding hydrogens is 232 g/mol. The van der Waals surface area contributed by atoms with E-state index >= 15 is 0 Å². The van der Waals surface area contributed by atoms with Crippen molar-refractivity contribution in [2.75, 3.05) is 18.0 Å². The van der Waals surface area contributed by atoms with Crippen LogP contribution >= 0.6 is 0 Å². The third-order valence-corrected chi connectivity index (χ3v) is 3.64. The van der Waals surface area contributed by atoms with Gasteiger partial charge in [0.1, 0.15) is 0 Å². The summed E-state index contributed by atoms with van der Waals surface area (Å²) in [6, 6.07) is 0.288. The maximum Gasteiger partial charge on any atom is 0.407 e. The summed E-state index contributed by atoms with van der Waals surface area (Å²) in [4.78, 5) is 23.2. The lowest BCUT2D eigenvalue weighted by atomic mass is 10.2. The van der Waals surface area contributed by atoms with Crippen molar-refractivity contribution in [1.82, 2.24) is 14.9 Å². The quantitative estimate of drug-likeness (QED) is 0.845. The fourth-order valence-corrected chi connectivity index (χ4v) is 2.73. The largest absolute Gasteiger partial charge is 0.465 e. The van der Waals surface area contributed by atoms with Crippen molar-refractivity contribution in [2.24, 2.45) is 0 Å². The minimum Gasteiger partial charge on any atom is -0.465 e. The average molecular weight is 246 g/mol. The van der Waals surface area contributed by atoms with Crippen molar-refractivity contribution in [2.45, 2.75) is 18.5 Å². The molecule has 0 aromatic carbocycles. The van der Waals surface area contributed by atoms with Crippen molar-refractivity contribution in [3.8, 4) is 0 Å². The minimum atomic E-state index is -0.829. The van der Waals surface area contributed by atoms with Gasteiger partial charge in [0.05, 0.1) is 12.1 Å². The number of hydrogen-bond acceptors (Lipinski definition) is 4. The summed E-state index contributed by atoms with van der Waals surface area (Å²) < 4.78 is 0. The van der Waals surface area contributed by atoms with E-state index in [-0.39, 0.29) is 12.1 Å². The number of carboxylic acid groups (broad SMARTS) is 1. The lowest BCUT2D eigenvalue weighted by molar-refractivity contribution is 0.137. The molecule has 94 valence electrons. The van der Waals surface area contributed by atoms with E-state index in [1.807, 2.05) is 0 Å². The van der Waals surface area contributed by atoms with Gasteiger partial charge in [-0.15, -0.1) is 0 Å². The fourth-order valence-electron chi connectivity index (χ4n) is 2.73. The molecule has 0 radical (unpaired) electrons. The fraction of sp³-hybridized carbons (Fsp3) is 0.417. The highest BCUT2D eigenvalue weighted by Gasteiger charge is 2.46. The molecule has 6 heteroatoms.